The fraction of sp³-hybridized carbons (Fsp3) is 0.312. The van der Waals surface area contributed by atoms with Gasteiger partial charge in [0.15, 0.2) is 0 Å². The van der Waals surface area contributed by atoms with Gasteiger partial charge in [-0.25, -0.2) is 0 Å². The van der Waals surface area contributed by atoms with E-state index in [0.717, 1.165) is 28.0 Å². The van der Waals surface area contributed by atoms with Crippen molar-refractivity contribution >= 4 is 26.0 Å². The van der Waals surface area contributed by atoms with Gasteiger partial charge in [-0.3, -0.25) is 0 Å². The van der Waals surface area contributed by atoms with Crippen LogP contribution < -0.4 is 4.74 Å². The Morgan fingerprint density at radius 2 is 1.43 bits per heavy atom. The topological polar surface area (TPSA) is 78.9 Å². The number of amidine groups is 1. The SMILES string of the molecule is COc1ccccc1C1C2(C#N)CN(Cc3ccccc3)CC1(C#N)C1=NCN(Cc3ccccc3)CN1C2=[Se]. The van der Waals surface area contributed by atoms with Gasteiger partial charge in [-0.15, -0.1) is 0 Å². The number of likely N-dealkylation sites (tertiary alicyclic amines) is 1. The molecule has 200 valence electrons. The van der Waals surface area contributed by atoms with Crippen molar-refractivity contribution in [2.45, 2.75) is 19.0 Å². The van der Waals surface area contributed by atoms with Crippen LogP contribution in [0.1, 0.15) is 22.6 Å². The molecule has 3 atom stereocenters. The van der Waals surface area contributed by atoms with Gasteiger partial charge in [-0.1, -0.05) is 0 Å². The van der Waals surface area contributed by atoms with E-state index in [1.54, 1.807) is 7.11 Å². The summed E-state index contributed by atoms with van der Waals surface area (Å²) in [5, 5.41) is 22.2. The molecule has 3 aliphatic heterocycles. The van der Waals surface area contributed by atoms with Crippen LogP contribution >= 0.6 is 0 Å². The number of para-hydroxylation sites is 1. The van der Waals surface area contributed by atoms with Gasteiger partial charge in [0.2, 0.25) is 0 Å². The molecule has 7 nitrogen and oxygen atoms in total. The van der Waals surface area contributed by atoms with E-state index in [-0.39, 0.29) is 0 Å². The second-order valence-corrected chi connectivity index (χ2v) is 11.6. The summed E-state index contributed by atoms with van der Waals surface area (Å²) in [5.41, 5.74) is 1.16. The van der Waals surface area contributed by atoms with Gasteiger partial charge in [0.1, 0.15) is 0 Å². The number of rotatable bonds is 6. The second kappa shape index (κ2) is 10.7. The molecule has 3 aromatic rings. The fourth-order valence-corrected chi connectivity index (χ4v) is 7.51. The van der Waals surface area contributed by atoms with Crippen LogP contribution in [0.2, 0.25) is 0 Å². The molecule has 2 fully saturated rings. The zero-order chi connectivity index (χ0) is 27.7. The average molecular weight is 594 g/mol. The number of nitriles is 2. The Bertz CT molecular complexity index is 1530. The molecule has 0 N–H and O–H groups in total. The molecule has 0 aromatic heterocycles. The van der Waals surface area contributed by atoms with Crippen LogP contribution in [0.5, 0.6) is 5.75 Å². The summed E-state index contributed by atoms with van der Waals surface area (Å²) < 4.78 is 6.62. The first-order valence-corrected chi connectivity index (χ1v) is 14.2. The van der Waals surface area contributed by atoms with E-state index < -0.39 is 16.7 Å². The van der Waals surface area contributed by atoms with Crippen molar-refractivity contribution in [2.24, 2.45) is 15.8 Å². The van der Waals surface area contributed by atoms with Gasteiger partial charge < -0.3 is 0 Å². The molecule has 0 aliphatic carbocycles. The standard InChI is InChI=1S/C32H30N6OSe/c1-39-27-15-9-8-14-26(27)28-31(18-33)20-36(16-24-10-4-2-5-11-24)21-32(28,19-34)30(40)38-23-37(22-35-29(31)38)17-25-12-6-3-7-13-25/h2-15,28H,16-17,20-23H2,1H3. The van der Waals surface area contributed by atoms with Crippen molar-refractivity contribution in [3.05, 3.63) is 102 Å². The molecule has 40 heavy (non-hydrogen) atoms. The molecule has 2 bridgehead atoms. The van der Waals surface area contributed by atoms with Crippen molar-refractivity contribution in [1.82, 2.24) is 14.7 Å². The average Bonchev–Trinajstić information content (AvgIpc) is 3.00. The third-order valence-corrected chi connectivity index (χ3v) is 9.55. The summed E-state index contributed by atoms with van der Waals surface area (Å²) in [6, 6.07) is 33.8. The first-order chi connectivity index (χ1) is 19.5. The Labute approximate surface area is 243 Å². The summed E-state index contributed by atoms with van der Waals surface area (Å²) in [6.45, 7) is 3.36. The number of hydrogen-bond donors (Lipinski definition) is 0. The van der Waals surface area contributed by atoms with E-state index in [2.05, 4.69) is 66.7 Å². The van der Waals surface area contributed by atoms with Crippen molar-refractivity contribution in [3.63, 3.8) is 0 Å². The summed E-state index contributed by atoms with van der Waals surface area (Å²) in [6.07, 6.45) is 0. The molecule has 6 rings (SSSR count). The zero-order valence-corrected chi connectivity index (χ0v) is 24.1. The van der Waals surface area contributed by atoms with Crippen molar-refractivity contribution in [1.29, 1.82) is 10.5 Å². The Morgan fingerprint density at radius 3 is 2.05 bits per heavy atom. The normalized spacial score (nSPS) is 26.3. The molecule has 0 spiro atoms. The number of benzene rings is 3. The number of aliphatic imine (C=N–C) groups is 1. The zero-order valence-electron chi connectivity index (χ0n) is 22.4. The maximum atomic E-state index is 11.1. The predicted molar refractivity (Wildman–Crippen MR) is 155 cm³/mol. The van der Waals surface area contributed by atoms with E-state index in [1.807, 2.05) is 60.7 Å². The Hall–Kier alpha value is -3.78. The number of piperidine rings is 2. The van der Waals surface area contributed by atoms with E-state index in [4.69, 9.17) is 9.73 Å². The quantitative estimate of drug-likeness (QED) is 0.406. The third kappa shape index (κ3) is 4.25. The van der Waals surface area contributed by atoms with Gasteiger partial charge in [0.05, 0.1) is 0 Å². The molecular formula is C32H30N6OSe. The molecule has 2 saturated heterocycles. The first kappa shape index (κ1) is 26.4. The molecule has 3 aromatic carbocycles. The molecule has 0 radical (unpaired) electrons. The molecule has 3 aliphatic rings. The van der Waals surface area contributed by atoms with E-state index in [0.29, 0.717) is 38.7 Å². The second-order valence-electron chi connectivity index (χ2n) is 10.8. The van der Waals surface area contributed by atoms with Crippen molar-refractivity contribution in [2.75, 3.05) is 33.5 Å². The van der Waals surface area contributed by atoms with Gasteiger partial charge in [-0.2, -0.15) is 0 Å². The third-order valence-electron chi connectivity index (χ3n) is 8.32. The number of methoxy groups -OCH3 is 1. The summed E-state index contributed by atoms with van der Waals surface area (Å²) >= 11 is 3.31. The Morgan fingerprint density at radius 1 is 0.850 bits per heavy atom. The molecule has 0 amide bonds. The first-order valence-electron chi connectivity index (χ1n) is 13.4. The number of fused-ring (bicyclic) bond motifs is 4. The van der Waals surface area contributed by atoms with Crippen LogP contribution in [0.15, 0.2) is 89.9 Å². The van der Waals surface area contributed by atoms with Gasteiger partial charge in [-0.05, 0) is 0 Å². The monoisotopic (exact) mass is 594 g/mol. The molecule has 3 unspecified atom stereocenters. The minimum atomic E-state index is -1.05. The van der Waals surface area contributed by atoms with Gasteiger partial charge >= 0.3 is 244 Å². The van der Waals surface area contributed by atoms with Crippen LogP contribution in [0.25, 0.3) is 0 Å². The Kier molecular flexibility index (Phi) is 7.04. The number of nitrogens with zero attached hydrogens (tertiary/aromatic N) is 6. The maximum absolute atomic E-state index is 11.1. The molecule has 8 heteroatoms. The minimum absolute atomic E-state index is 0.454. The number of hydrogen-bond acceptors (Lipinski definition) is 7. The van der Waals surface area contributed by atoms with Crippen LogP contribution in [0, 0.1) is 33.5 Å². The molecule has 3 heterocycles. The molecular weight excluding hydrogens is 563 g/mol. The predicted octanol–water partition coefficient (Wildman–Crippen LogP) is 3.76. The number of ether oxygens (including phenoxy) is 1. The van der Waals surface area contributed by atoms with Crippen LogP contribution in [0.4, 0.5) is 0 Å². The van der Waals surface area contributed by atoms with Crippen LogP contribution in [0.3, 0.4) is 0 Å². The Balaban J connectivity index is 1.48. The summed E-state index contributed by atoms with van der Waals surface area (Å²) in [7, 11) is 1.64. The van der Waals surface area contributed by atoms with E-state index in [1.165, 1.54) is 5.56 Å². The summed E-state index contributed by atoms with van der Waals surface area (Å²) in [5.74, 6) is 0.962. The summed E-state index contributed by atoms with van der Waals surface area (Å²) in [4.78, 5) is 11.7. The molecule has 0 saturated carbocycles. The van der Waals surface area contributed by atoms with Crippen LogP contribution in [-0.4, -0.2) is 74.2 Å². The fourth-order valence-electron chi connectivity index (χ4n) is 6.73. The van der Waals surface area contributed by atoms with Crippen molar-refractivity contribution < 1.29 is 4.74 Å². The van der Waals surface area contributed by atoms with E-state index >= 15 is 0 Å². The van der Waals surface area contributed by atoms with Crippen LogP contribution in [-0.2, 0) is 13.1 Å². The van der Waals surface area contributed by atoms with Gasteiger partial charge in [0.25, 0.3) is 0 Å². The van der Waals surface area contributed by atoms with E-state index in [9.17, 15) is 10.5 Å². The van der Waals surface area contributed by atoms with Gasteiger partial charge in [0, 0.05) is 0 Å². The van der Waals surface area contributed by atoms with Crippen molar-refractivity contribution in [3.8, 4) is 17.9 Å².